The number of para-hydroxylation sites is 1. The van der Waals surface area contributed by atoms with Crippen LogP contribution in [0.15, 0.2) is 48.8 Å². The Kier molecular flexibility index (Phi) is 7.86. The Hall–Kier alpha value is -3.19. The van der Waals surface area contributed by atoms with E-state index < -0.39 is 0 Å². The molecular formula is C28H37N5O2. The van der Waals surface area contributed by atoms with Crippen molar-refractivity contribution in [2.75, 3.05) is 31.1 Å². The lowest BCUT2D eigenvalue weighted by atomic mass is 10.1. The smallest absolute Gasteiger partial charge is 0.253 e. The van der Waals surface area contributed by atoms with Gasteiger partial charge in [-0.15, -0.1) is 0 Å². The van der Waals surface area contributed by atoms with Crippen LogP contribution in [0.2, 0.25) is 0 Å². The molecule has 35 heavy (non-hydrogen) atoms. The molecule has 0 fully saturated rings. The molecule has 0 unspecified atom stereocenters. The second kappa shape index (κ2) is 11.0. The number of hydrogen-bond donors (Lipinski definition) is 1. The molecule has 0 bridgehead atoms. The Bertz CT molecular complexity index is 1180. The summed E-state index contributed by atoms with van der Waals surface area (Å²) in [4.78, 5) is 35.0. The van der Waals surface area contributed by atoms with Crippen LogP contribution in [0.5, 0.6) is 0 Å². The molecule has 0 atom stereocenters. The lowest BCUT2D eigenvalue weighted by molar-refractivity contribution is -0.119. The first kappa shape index (κ1) is 24.9. The molecule has 1 N–H and O–H groups in total. The zero-order valence-corrected chi connectivity index (χ0v) is 21.3. The van der Waals surface area contributed by atoms with Crippen molar-refractivity contribution >= 4 is 28.5 Å². The van der Waals surface area contributed by atoms with Gasteiger partial charge < -0.3 is 19.7 Å². The van der Waals surface area contributed by atoms with Crippen LogP contribution in [-0.2, 0) is 11.3 Å². The van der Waals surface area contributed by atoms with Gasteiger partial charge in [0.25, 0.3) is 5.91 Å². The summed E-state index contributed by atoms with van der Waals surface area (Å²) < 4.78 is 2.11. The molecule has 0 saturated heterocycles. The molecular weight excluding hydrogens is 438 g/mol. The van der Waals surface area contributed by atoms with E-state index in [9.17, 15) is 9.59 Å². The van der Waals surface area contributed by atoms with Gasteiger partial charge in [-0.2, -0.15) is 0 Å². The van der Waals surface area contributed by atoms with E-state index in [2.05, 4.69) is 48.6 Å². The van der Waals surface area contributed by atoms with Gasteiger partial charge in [0, 0.05) is 56.4 Å². The number of rotatable bonds is 4. The van der Waals surface area contributed by atoms with Crippen molar-refractivity contribution in [3.05, 3.63) is 59.9 Å². The maximum atomic E-state index is 13.5. The van der Waals surface area contributed by atoms with E-state index in [-0.39, 0.29) is 17.7 Å². The lowest BCUT2D eigenvalue weighted by Gasteiger charge is -2.27. The van der Waals surface area contributed by atoms with Gasteiger partial charge in [-0.3, -0.25) is 9.59 Å². The number of nitrogens with zero attached hydrogens (tertiary/aromatic N) is 4. The van der Waals surface area contributed by atoms with Crippen LogP contribution >= 0.6 is 0 Å². The van der Waals surface area contributed by atoms with E-state index in [1.807, 2.05) is 52.5 Å². The maximum Gasteiger partial charge on any atom is 0.253 e. The van der Waals surface area contributed by atoms with Gasteiger partial charge in [-0.05, 0) is 56.0 Å². The SMILES string of the molecule is CC(C)CC(=O)N1CCCN(C(=O)c2ccc3c(c2)ncn3C(C)C)CCNCc2ccccc21. The highest BCUT2D eigenvalue weighted by atomic mass is 16.2. The van der Waals surface area contributed by atoms with Crippen LogP contribution in [-0.4, -0.2) is 52.4 Å². The summed E-state index contributed by atoms with van der Waals surface area (Å²) in [5.41, 5.74) is 4.60. The van der Waals surface area contributed by atoms with Crippen molar-refractivity contribution in [3.63, 3.8) is 0 Å². The molecule has 7 heteroatoms. The number of carbonyl (C=O) groups excluding carboxylic acids is 2. The average Bonchev–Trinajstić information content (AvgIpc) is 3.24. The number of nitrogens with one attached hydrogen (secondary N) is 1. The van der Waals surface area contributed by atoms with E-state index in [0.717, 1.165) is 22.3 Å². The van der Waals surface area contributed by atoms with Gasteiger partial charge in [-0.25, -0.2) is 4.98 Å². The molecule has 3 aromatic rings. The molecule has 2 heterocycles. The van der Waals surface area contributed by atoms with Gasteiger partial charge in [0.2, 0.25) is 5.91 Å². The van der Waals surface area contributed by atoms with Crippen molar-refractivity contribution < 1.29 is 9.59 Å². The fourth-order valence-electron chi connectivity index (χ4n) is 4.69. The van der Waals surface area contributed by atoms with Crippen LogP contribution in [0.4, 0.5) is 5.69 Å². The van der Waals surface area contributed by atoms with Crippen LogP contribution in [0.3, 0.4) is 0 Å². The Morgan fingerprint density at radius 2 is 1.83 bits per heavy atom. The Morgan fingerprint density at radius 3 is 2.60 bits per heavy atom. The number of imidazole rings is 1. The fraction of sp³-hybridized carbons (Fsp3) is 0.464. The molecule has 0 saturated carbocycles. The second-order valence-corrected chi connectivity index (χ2v) is 10.0. The van der Waals surface area contributed by atoms with Gasteiger partial charge >= 0.3 is 0 Å². The zero-order chi connectivity index (χ0) is 24.9. The highest BCUT2D eigenvalue weighted by Gasteiger charge is 2.22. The van der Waals surface area contributed by atoms with Crippen molar-refractivity contribution in [1.82, 2.24) is 19.8 Å². The predicted molar refractivity (Wildman–Crippen MR) is 141 cm³/mol. The number of carbonyl (C=O) groups is 2. The standard InChI is InChI=1S/C28H37N5O2/c1-20(2)16-27(34)32-14-7-13-31(15-12-29-18-23-8-5-6-9-25(23)32)28(35)22-10-11-26-24(17-22)30-19-33(26)21(3)4/h5-6,8-11,17,19-21,29H,7,12-16,18H2,1-4H3. The van der Waals surface area contributed by atoms with E-state index in [4.69, 9.17) is 0 Å². The van der Waals surface area contributed by atoms with E-state index in [1.54, 1.807) is 0 Å². The maximum absolute atomic E-state index is 13.5. The van der Waals surface area contributed by atoms with Gasteiger partial charge in [-0.1, -0.05) is 32.0 Å². The molecule has 4 rings (SSSR count). The number of hydrogen-bond acceptors (Lipinski definition) is 4. The van der Waals surface area contributed by atoms with Crippen LogP contribution in [0, 0.1) is 5.92 Å². The Labute approximate surface area is 208 Å². The van der Waals surface area contributed by atoms with Gasteiger partial charge in [0.15, 0.2) is 0 Å². The third kappa shape index (κ3) is 5.73. The molecule has 1 aliphatic rings. The summed E-state index contributed by atoms with van der Waals surface area (Å²) >= 11 is 0. The van der Waals surface area contributed by atoms with E-state index in [0.29, 0.717) is 57.2 Å². The first-order valence-electron chi connectivity index (χ1n) is 12.7. The molecule has 2 amide bonds. The number of benzene rings is 2. The minimum Gasteiger partial charge on any atom is -0.337 e. The number of fused-ring (bicyclic) bond motifs is 2. The quantitative estimate of drug-likeness (QED) is 0.597. The van der Waals surface area contributed by atoms with Crippen molar-refractivity contribution in [3.8, 4) is 0 Å². The van der Waals surface area contributed by atoms with E-state index in [1.165, 1.54) is 0 Å². The van der Waals surface area contributed by atoms with Crippen molar-refractivity contribution in [1.29, 1.82) is 0 Å². The number of anilines is 1. The summed E-state index contributed by atoms with van der Waals surface area (Å²) in [5, 5.41) is 3.47. The molecule has 7 nitrogen and oxygen atoms in total. The number of aromatic nitrogens is 2. The van der Waals surface area contributed by atoms with Crippen molar-refractivity contribution in [2.24, 2.45) is 5.92 Å². The van der Waals surface area contributed by atoms with Crippen LogP contribution < -0.4 is 10.2 Å². The monoisotopic (exact) mass is 475 g/mol. The molecule has 1 aliphatic heterocycles. The van der Waals surface area contributed by atoms with Crippen LogP contribution in [0.1, 0.15) is 62.5 Å². The van der Waals surface area contributed by atoms with Gasteiger partial charge in [0.1, 0.15) is 0 Å². The first-order valence-corrected chi connectivity index (χ1v) is 12.7. The molecule has 186 valence electrons. The van der Waals surface area contributed by atoms with Crippen LogP contribution in [0.25, 0.3) is 11.0 Å². The van der Waals surface area contributed by atoms with Gasteiger partial charge in [0.05, 0.1) is 17.4 Å². The molecule has 0 aliphatic carbocycles. The summed E-state index contributed by atoms with van der Waals surface area (Å²) in [5.74, 6) is 0.429. The third-order valence-corrected chi connectivity index (χ3v) is 6.52. The zero-order valence-electron chi connectivity index (χ0n) is 21.3. The first-order chi connectivity index (χ1) is 16.8. The topological polar surface area (TPSA) is 70.5 Å². The van der Waals surface area contributed by atoms with E-state index >= 15 is 0 Å². The summed E-state index contributed by atoms with van der Waals surface area (Å²) in [6, 6.07) is 14.2. The average molecular weight is 476 g/mol. The largest absolute Gasteiger partial charge is 0.337 e. The van der Waals surface area contributed by atoms with Crippen molar-refractivity contribution in [2.45, 2.75) is 53.1 Å². The number of amides is 2. The summed E-state index contributed by atoms with van der Waals surface area (Å²) in [6.45, 7) is 11.5. The molecule has 2 aromatic carbocycles. The molecule has 1 aromatic heterocycles. The summed E-state index contributed by atoms with van der Waals surface area (Å²) in [6.07, 6.45) is 3.06. The Balaban J connectivity index is 1.54. The minimum absolute atomic E-state index is 0.00427. The normalized spacial score (nSPS) is 15.4. The lowest BCUT2D eigenvalue weighted by Crippen LogP contribution is -2.39. The molecule has 0 spiro atoms. The minimum atomic E-state index is 0.00427. The Morgan fingerprint density at radius 1 is 1.03 bits per heavy atom. The highest BCUT2D eigenvalue weighted by Crippen LogP contribution is 2.24. The third-order valence-electron chi connectivity index (χ3n) is 6.52. The molecule has 0 radical (unpaired) electrons. The highest BCUT2D eigenvalue weighted by molar-refractivity contribution is 5.97. The summed E-state index contributed by atoms with van der Waals surface area (Å²) in [7, 11) is 0. The second-order valence-electron chi connectivity index (χ2n) is 10.0. The predicted octanol–water partition coefficient (Wildman–Crippen LogP) is 4.63. The fourth-order valence-corrected chi connectivity index (χ4v) is 4.69.